The molecule has 2 saturated heterocycles. The number of nitrogens with zero attached hydrogens (tertiary/aromatic N) is 6. The minimum absolute atomic E-state index is 0.0377. The number of hydrogen-bond donors (Lipinski definition) is 0. The maximum atomic E-state index is 13.1. The van der Waals surface area contributed by atoms with Gasteiger partial charge in [0, 0.05) is 57.8 Å². The number of piperazine rings is 1. The molecule has 0 unspecified atom stereocenters. The second-order valence-electron chi connectivity index (χ2n) is 8.84. The van der Waals surface area contributed by atoms with E-state index in [0.29, 0.717) is 26.1 Å². The SMILES string of the molecule is O=C([C@@H]1CC(=O)N(c2ccccc2)C1)N1CCN(Cc2nnc3n2CCCCC3)CC1. The van der Waals surface area contributed by atoms with Gasteiger partial charge in [0.05, 0.1) is 12.5 Å². The van der Waals surface area contributed by atoms with E-state index in [1.54, 1.807) is 4.90 Å². The molecule has 164 valence electrons. The zero-order valence-corrected chi connectivity index (χ0v) is 17.9. The highest BCUT2D eigenvalue weighted by Gasteiger charge is 2.38. The zero-order chi connectivity index (χ0) is 21.2. The molecule has 0 radical (unpaired) electrons. The summed E-state index contributed by atoms with van der Waals surface area (Å²) in [4.78, 5) is 31.6. The van der Waals surface area contributed by atoms with Gasteiger partial charge in [-0.2, -0.15) is 0 Å². The molecule has 8 nitrogen and oxygen atoms in total. The van der Waals surface area contributed by atoms with Crippen LogP contribution in [0.15, 0.2) is 30.3 Å². The summed E-state index contributed by atoms with van der Waals surface area (Å²) in [6.07, 6.45) is 4.98. The lowest BCUT2D eigenvalue weighted by molar-refractivity contribution is -0.137. The number of amides is 2. The Balaban J connectivity index is 1.15. The number of benzene rings is 1. The normalized spacial score (nSPS) is 22.5. The molecule has 1 aromatic carbocycles. The standard InChI is InChI=1S/C23H30N6O2/c30-22-15-18(16-29(22)19-7-3-1-4-8-19)23(31)27-13-11-26(12-14-27)17-21-25-24-20-9-5-2-6-10-28(20)21/h1,3-4,7-8,18H,2,5-6,9-17H2/t18-/m1/s1. The molecule has 2 amide bonds. The average molecular weight is 423 g/mol. The summed E-state index contributed by atoms with van der Waals surface area (Å²) in [5.41, 5.74) is 0.875. The molecular weight excluding hydrogens is 392 g/mol. The minimum Gasteiger partial charge on any atom is -0.340 e. The van der Waals surface area contributed by atoms with Gasteiger partial charge in [-0.1, -0.05) is 24.6 Å². The maximum absolute atomic E-state index is 13.1. The Morgan fingerprint density at radius 1 is 0.968 bits per heavy atom. The van der Waals surface area contributed by atoms with Crippen LogP contribution in [0.1, 0.15) is 37.3 Å². The second kappa shape index (κ2) is 8.78. The van der Waals surface area contributed by atoms with Gasteiger partial charge >= 0.3 is 0 Å². The molecule has 5 rings (SSSR count). The van der Waals surface area contributed by atoms with Crippen LogP contribution in [0.3, 0.4) is 0 Å². The van der Waals surface area contributed by atoms with Crippen molar-refractivity contribution in [1.29, 1.82) is 0 Å². The second-order valence-corrected chi connectivity index (χ2v) is 8.84. The first-order chi connectivity index (χ1) is 15.2. The Hall–Kier alpha value is -2.74. The van der Waals surface area contributed by atoms with Crippen LogP contribution in [0.25, 0.3) is 0 Å². The van der Waals surface area contributed by atoms with E-state index in [9.17, 15) is 9.59 Å². The van der Waals surface area contributed by atoms with Gasteiger partial charge in [0.2, 0.25) is 11.8 Å². The van der Waals surface area contributed by atoms with Gasteiger partial charge in [-0.25, -0.2) is 0 Å². The first kappa shape index (κ1) is 20.2. The molecule has 4 heterocycles. The number of carbonyl (C=O) groups is 2. The topological polar surface area (TPSA) is 74.6 Å². The number of fused-ring (bicyclic) bond motifs is 1. The van der Waals surface area contributed by atoms with E-state index in [-0.39, 0.29) is 17.7 Å². The van der Waals surface area contributed by atoms with E-state index in [2.05, 4.69) is 19.7 Å². The van der Waals surface area contributed by atoms with Crippen molar-refractivity contribution in [2.24, 2.45) is 5.92 Å². The summed E-state index contributed by atoms with van der Waals surface area (Å²) in [5.74, 6) is 2.08. The molecule has 1 atom stereocenters. The molecule has 0 aliphatic carbocycles. The van der Waals surface area contributed by atoms with Gasteiger partial charge in [-0.3, -0.25) is 14.5 Å². The number of aromatic nitrogens is 3. The number of hydrogen-bond acceptors (Lipinski definition) is 5. The molecule has 1 aromatic heterocycles. The lowest BCUT2D eigenvalue weighted by Gasteiger charge is -2.35. The van der Waals surface area contributed by atoms with Gasteiger partial charge in [-0.15, -0.1) is 10.2 Å². The zero-order valence-electron chi connectivity index (χ0n) is 17.9. The van der Waals surface area contributed by atoms with Gasteiger partial charge in [0.1, 0.15) is 11.6 Å². The van der Waals surface area contributed by atoms with E-state index in [1.165, 1.54) is 19.3 Å². The van der Waals surface area contributed by atoms with Crippen LogP contribution in [0.5, 0.6) is 0 Å². The number of rotatable bonds is 4. The van der Waals surface area contributed by atoms with E-state index >= 15 is 0 Å². The molecule has 0 saturated carbocycles. The summed E-state index contributed by atoms with van der Waals surface area (Å²) in [6, 6.07) is 9.63. The van der Waals surface area contributed by atoms with Crippen LogP contribution in [0, 0.1) is 5.92 Å². The highest BCUT2D eigenvalue weighted by atomic mass is 16.2. The summed E-state index contributed by atoms with van der Waals surface area (Å²) in [6.45, 7) is 5.36. The molecule has 0 spiro atoms. The fourth-order valence-corrected chi connectivity index (χ4v) is 4.98. The predicted octanol–water partition coefficient (Wildman–Crippen LogP) is 1.70. The van der Waals surface area contributed by atoms with Crippen molar-refractivity contribution in [3.8, 4) is 0 Å². The maximum Gasteiger partial charge on any atom is 0.228 e. The van der Waals surface area contributed by atoms with Crippen LogP contribution < -0.4 is 4.90 Å². The molecule has 8 heteroatoms. The first-order valence-electron chi connectivity index (χ1n) is 11.5. The monoisotopic (exact) mass is 422 g/mol. The smallest absolute Gasteiger partial charge is 0.228 e. The van der Waals surface area contributed by atoms with Crippen LogP contribution in [-0.4, -0.2) is 69.1 Å². The van der Waals surface area contributed by atoms with Crippen LogP contribution in [0.4, 0.5) is 5.69 Å². The van der Waals surface area contributed by atoms with Crippen LogP contribution in [0.2, 0.25) is 0 Å². The highest BCUT2D eigenvalue weighted by molar-refractivity contribution is 6.00. The highest BCUT2D eigenvalue weighted by Crippen LogP contribution is 2.26. The average Bonchev–Trinajstić information content (AvgIpc) is 3.28. The lowest BCUT2D eigenvalue weighted by atomic mass is 10.1. The van der Waals surface area contributed by atoms with Crippen molar-refractivity contribution in [3.05, 3.63) is 42.0 Å². The minimum atomic E-state index is -0.244. The van der Waals surface area contributed by atoms with Gasteiger partial charge in [0.25, 0.3) is 0 Å². The largest absolute Gasteiger partial charge is 0.340 e. The predicted molar refractivity (Wildman–Crippen MR) is 116 cm³/mol. The Kier molecular flexibility index (Phi) is 5.72. The first-order valence-corrected chi connectivity index (χ1v) is 11.5. The third-order valence-electron chi connectivity index (χ3n) is 6.78. The third kappa shape index (κ3) is 4.21. The quantitative estimate of drug-likeness (QED) is 0.750. The number of para-hydroxylation sites is 1. The number of carbonyl (C=O) groups excluding carboxylic acids is 2. The van der Waals surface area contributed by atoms with Crippen molar-refractivity contribution in [1.82, 2.24) is 24.6 Å². The summed E-state index contributed by atoms with van der Waals surface area (Å²) < 4.78 is 2.30. The van der Waals surface area contributed by atoms with Crippen molar-refractivity contribution in [2.45, 2.75) is 45.2 Å². The van der Waals surface area contributed by atoms with Gasteiger partial charge < -0.3 is 14.4 Å². The molecule has 3 aliphatic rings. The van der Waals surface area contributed by atoms with Gasteiger partial charge in [0.15, 0.2) is 0 Å². The molecule has 3 aliphatic heterocycles. The molecule has 31 heavy (non-hydrogen) atoms. The van der Waals surface area contributed by atoms with Crippen molar-refractivity contribution in [2.75, 3.05) is 37.6 Å². The van der Waals surface area contributed by atoms with Crippen molar-refractivity contribution in [3.63, 3.8) is 0 Å². The van der Waals surface area contributed by atoms with Crippen molar-refractivity contribution < 1.29 is 9.59 Å². The van der Waals surface area contributed by atoms with Crippen molar-refractivity contribution >= 4 is 17.5 Å². The Bertz CT molecular complexity index is 935. The van der Waals surface area contributed by atoms with E-state index in [4.69, 9.17) is 0 Å². The van der Waals surface area contributed by atoms with Crippen LogP contribution in [-0.2, 0) is 29.1 Å². The summed E-state index contributed by atoms with van der Waals surface area (Å²) in [5, 5.41) is 8.85. The Labute approximate surface area is 182 Å². The molecule has 2 aromatic rings. The summed E-state index contributed by atoms with van der Waals surface area (Å²) >= 11 is 0. The summed E-state index contributed by atoms with van der Waals surface area (Å²) in [7, 11) is 0. The lowest BCUT2D eigenvalue weighted by Crippen LogP contribution is -2.50. The van der Waals surface area contributed by atoms with E-state index < -0.39 is 0 Å². The Morgan fingerprint density at radius 2 is 1.77 bits per heavy atom. The Morgan fingerprint density at radius 3 is 2.58 bits per heavy atom. The van der Waals surface area contributed by atoms with E-state index in [1.807, 2.05) is 35.2 Å². The number of aryl methyl sites for hydroxylation is 1. The van der Waals surface area contributed by atoms with Gasteiger partial charge in [-0.05, 0) is 25.0 Å². The van der Waals surface area contributed by atoms with E-state index in [0.717, 1.165) is 49.9 Å². The number of anilines is 1. The fourth-order valence-electron chi connectivity index (χ4n) is 4.98. The molecule has 0 N–H and O–H groups in total. The fraction of sp³-hybridized carbons (Fsp3) is 0.565. The molecule has 2 fully saturated rings. The molecular formula is C23H30N6O2. The third-order valence-corrected chi connectivity index (χ3v) is 6.78. The molecule has 0 bridgehead atoms. The van der Waals surface area contributed by atoms with Crippen LogP contribution >= 0.6 is 0 Å².